The summed E-state index contributed by atoms with van der Waals surface area (Å²) in [4.78, 5) is 0. The smallest absolute Gasteiger partial charge is 0.0274 e. The third-order valence-electron chi connectivity index (χ3n) is 14.5. The van der Waals surface area contributed by atoms with Crippen LogP contribution in [-0.4, -0.2) is 5.43 Å². The summed E-state index contributed by atoms with van der Waals surface area (Å²) >= 11 is 1.74. The molecule has 2 fully saturated rings. The van der Waals surface area contributed by atoms with Crippen LogP contribution >= 0.6 is 0 Å². The van der Waals surface area contributed by atoms with Crippen LogP contribution in [-0.2, 0) is 36.2 Å². The van der Waals surface area contributed by atoms with Crippen LogP contribution in [0.3, 0.4) is 0 Å². The molecule has 2 aliphatic carbocycles. The van der Waals surface area contributed by atoms with Crippen molar-refractivity contribution in [1.29, 1.82) is 0 Å². The Balaban J connectivity index is 0.000000208. The van der Waals surface area contributed by atoms with Crippen molar-refractivity contribution in [2.45, 2.75) is 146 Å². The van der Waals surface area contributed by atoms with Crippen molar-refractivity contribution in [2.75, 3.05) is 0 Å². The van der Waals surface area contributed by atoms with Crippen LogP contribution in [0.15, 0.2) is 121 Å². The second-order valence-corrected chi connectivity index (χ2v) is 31.0. The molecule has 2 saturated carbocycles. The van der Waals surface area contributed by atoms with Gasteiger partial charge in [0.2, 0.25) is 0 Å². The van der Waals surface area contributed by atoms with Crippen LogP contribution in [0.1, 0.15) is 120 Å². The molecule has 2 aliphatic rings. The molecule has 0 amide bonds. The molecule has 0 saturated heterocycles. The van der Waals surface area contributed by atoms with E-state index in [0.717, 1.165) is 11.8 Å². The van der Waals surface area contributed by atoms with E-state index in [-0.39, 0.29) is 30.2 Å². The SMILES string of the molecule is C[Si](C)=[Zr+2].Cc1cc(C)cc(-c2ccc(-c3cc(C)cc(C)c3)c3[cH-]c(CC4CCCCC4)cc23)c1.Cc1cc(C)cc(-c2ccc(-c3cc(C)cc(C)c3)c3[cH-]c(CC4CCCCC4)cc23)c1.[Cl-].[Cl-]. The van der Waals surface area contributed by atoms with Gasteiger partial charge in [0.1, 0.15) is 0 Å². The third kappa shape index (κ3) is 14.2. The van der Waals surface area contributed by atoms with Gasteiger partial charge in [-0.15, -0.1) is 44.8 Å². The first kappa shape index (κ1) is 55.5. The van der Waals surface area contributed by atoms with Crippen molar-refractivity contribution in [2.24, 2.45) is 11.8 Å². The Morgan fingerprint density at radius 3 is 0.900 bits per heavy atom. The second-order valence-electron chi connectivity index (χ2n) is 21.6. The van der Waals surface area contributed by atoms with Gasteiger partial charge in [0.25, 0.3) is 0 Å². The number of halogens is 2. The van der Waals surface area contributed by atoms with Crippen molar-refractivity contribution in [3.63, 3.8) is 0 Å². The first-order chi connectivity index (χ1) is 32.6. The van der Waals surface area contributed by atoms with Crippen LogP contribution in [0.2, 0.25) is 13.1 Å². The molecular weight excluding hydrogens is 983 g/mol. The summed E-state index contributed by atoms with van der Waals surface area (Å²) in [5.41, 5.74) is 24.8. The molecule has 0 aliphatic heterocycles. The van der Waals surface area contributed by atoms with E-state index in [1.807, 2.05) is 0 Å². The van der Waals surface area contributed by atoms with Gasteiger partial charge < -0.3 is 24.8 Å². The molecule has 8 aromatic rings. The number of fused-ring (bicyclic) bond motifs is 2. The fourth-order valence-electron chi connectivity index (χ4n) is 11.9. The summed E-state index contributed by atoms with van der Waals surface area (Å²) in [7, 11) is 0. The predicted octanol–water partition coefficient (Wildman–Crippen LogP) is 13.3. The maximum Gasteiger partial charge on any atom is -0.0274 e. The molecular formula is C66H76Cl2SiZr-2. The van der Waals surface area contributed by atoms with E-state index in [4.69, 9.17) is 0 Å². The molecule has 0 spiro atoms. The van der Waals surface area contributed by atoms with Gasteiger partial charge in [0, 0.05) is 0 Å². The fraction of sp³-hybridized carbons (Fsp3) is 0.364. The maximum atomic E-state index is 2.50. The normalized spacial score (nSPS) is 14.0. The van der Waals surface area contributed by atoms with Crippen molar-refractivity contribution in [1.82, 2.24) is 0 Å². The Labute approximate surface area is 450 Å². The average Bonchev–Trinajstić information content (AvgIpc) is 3.89. The van der Waals surface area contributed by atoms with Gasteiger partial charge >= 0.3 is 41.9 Å². The molecule has 0 bridgehead atoms. The summed E-state index contributed by atoms with van der Waals surface area (Å²) < 4.78 is 0. The van der Waals surface area contributed by atoms with Crippen LogP contribution < -0.4 is 24.8 Å². The Kier molecular flexibility index (Phi) is 20.0. The molecule has 0 atom stereocenters. The van der Waals surface area contributed by atoms with Crippen LogP contribution in [0, 0.1) is 67.2 Å². The summed E-state index contributed by atoms with van der Waals surface area (Å²) in [6.45, 7) is 22.3. The van der Waals surface area contributed by atoms with Crippen LogP contribution in [0.5, 0.6) is 0 Å². The van der Waals surface area contributed by atoms with E-state index < -0.39 is 0 Å². The number of aryl methyl sites for hydroxylation is 8. The van der Waals surface area contributed by atoms with Crippen LogP contribution in [0.4, 0.5) is 0 Å². The van der Waals surface area contributed by atoms with Gasteiger partial charge in [-0.3, -0.25) is 0 Å². The van der Waals surface area contributed by atoms with Crippen molar-refractivity contribution in [3.8, 4) is 44.5 Å². The summed E-state index contributed by atoms with van der Waals surface area (Å²) in [5, 5.41) is 5.66. The minimum atomic E-state index is 0. The monoisotopic (exact) mass is 1060 g/mol. The number of rotatable bonds is 8. The Morgan fingerprint density at radius 2 is 0.629 bits per heavy atom. The number of hydrogen-bond acceptors (Lipinski definition) is 0. The number of benzene rings is 6. The van der Waals surface area contributed by atoms with E-state index in [2.05, 4.69) is 190 Å². The van der Waals surface area contributed by atoms with Gasteiger partial charge in [-0.25, -0.2) is 0 Å². The Hall–Kier alpha value is -3.78. The minimum Gasteiger partial charge on any atom is -1.00 e. The predicted molar refractivity (Wildman–Crippen MR) is 297 cm³/mol. The quantitative estimate of drug-likeness (QED) is 0.105. The fourth-order valence-corrected chi connectivity index (χ4v) is 11.9. The molecule has 70 heavy (non-hydrogen) atoms. The van der Waals surface area contributed by atoms with E-state index in [0.29, 0.717) is 0 Å². The Bertz CT molecular complexity index is 2590. The molecule has 0 N–H and O–H groups in total. The van der Waals surface area contributed by atoms with E-state index in [1.165, 1.54) is 199 Å². The van der Waals surface area contributed by atoms with Crippen molar-refractivity contribution < 1.29 is 48.1 Å². The molecule has 364 valence electrons. The van der Waals surface area contributed by atoms with Crippen LogP contribution in [0.25, 0.3) is 66.1 Å². The molecule has 8 aromatic carbocycles. The molecule has 10 rings (SSSR count). The van der Waals surface area contributed by atoms with Crippen molar-refractivity contribution >= 4 is 27.0 Å². The van der Waals surface area contributed by atoms with Gasteiger partial charge in [0.15, 0.2) is 0 Å². The summed E-state index contributed by atoms with van der Waals surface area (Å²) in [5.74, 6) is 1.71. The largest absolute Gasteiger partial charge is 1.00 e. The molecule has 0 unspecified atom stereocenters. The van der Waals surface area contributed by atoms with Gasteiger partial charge in [-0.05, 0) is 91.2 Å². The molecule has 0 radical (unpaired) electrons. The van der Waals surface area contributed by atoms with Crippen molar-refractivity contribution in [3.05, 3.63) is 177 Å². The molecule has 0 aromatic heterocycles. The summed E-state index contributed by atoms with van der Waals surface area (Å²) in [6.07, 6.45) is 16.5. The van der Waals surface area contributed by atoms with Gasteiger partial charge in [-0.1, -0.05) is 239 Å². The zero-order valence-corrected chi connectivity index (χ0v) is 48.9. The zero-order chi connectivity index (χ0) is 48.1. The summed E-state index contributed by atoms with van der Waals surface area (Å²) in [6, 6.07) is 47.2. The first-order valence-corrected chi connectivity index (χ1v) is 32.2. The van der Waals surface area contributed by atoms with Gasteiger partial charge in [-0.2, -0.15) is 12.1 Å². The van der Waals surface area contributed by atoms with E-state index in [1.54, 1.807) is 23.3 Å². The van der Waals surface area contributed by atoms with E-state index in [9.17, 15) is 0 Å². The molecule has 0 nitrogen and oxygen atoms in total. The third-order valence-corrected chi connectivity index (χ3v) is 14.5. The van der Waals surface area contributed by atoms with Gasteiger partial charge in [0.05, 0.1) is 0 Å². The maximum absolute atomic E-state index is 2.50. The van der Waals surface area contributed by atoms with E-state index >= 15 is 0 Å². The average molecular weight is 1060 g/mol. The topological polar surface area (TPSA) is 0 Å². The minimum absolute atomic E-state index is 0. The second kappa shape index (κ2) is 25.2. The Morgan fingerprint density at radius 1 is 0.386 bits per heavy atom. The number of hydrogen-bond donors (Lipinski definition) is 0. The first-order valence-electron chi connectivity index (χ1n) is 26.0. The molecule has 4 heteroatoms. The standard InChI is InChI=1S/2C32H35.C2H6Si.2ClH.Zr/c2*1-21-12-22(2)15-27(14-21)29-10-11-30(28-16-23(3)13-24(4)17-28)32-20-26(19-31(29)32)18-25-8-6-5-7-9-25;1-3-2;;;/h2*10-17,19-20,25H,5-9,18H2,1-4H3;1-2H3;2*1H;/q2*-1;;;;+2/p-2. The molecule has 0 heterocycles. The zero-order valence-electron chi connectivity index (χ0n) is 43.9.